The third-order valence-electron chi connectivity index (χ3n) is 2.54. The van der Waals surface area contributed by atoms with E-state index in [1.807, 2.05) is 12.1 Å². The first-order valence-corrected chi connectivity index (χ1v) is 6.28. The van der Waals surface area contributed by atoms with Gasteiger partial charge in [0.1, 0.15) is 0 Å². The first-order chi connectivity index (χ1) is 9.20. The maximum absolute atomic E-state index is 11.8. The number of hydrogen-bond donors (Lipinski definition) is 2. The van der Waals surface area contributed by atoms with E-state index < -0.39 is 0 Å². The van der Waals surface area contributed by atoms with Gasteiger partial charge in [-0.05, 0) is 24.6 Å². The zero-order valence-corrected chi connectivity index (χ0v) is 11.0. The van der Waals surface area contributed by atoms with Gasteiger partial charge < -0.3 is 10.4 Å². The minimum absolute atomic E-state index is 0.0576. The summed E-state index contributed by atoms with van der Waals surface area (Å²) in [6.07, 6.45) is 3.67. The van der Waals surface area contributed by atoms with E-state index in [0.29, 0.717) is 23.6 Å². The second kappa shape index (κ2) is 6.36. The van der Waals surface area contributed by atoms with E-state index in [1.165, 1.54) is 6.20 Å². The minimum atomic E-state index is -0.207. The maximum Gasteiger partial charge on any atom is 0.254 e. The predicted octanol–water partition coefficient (Wildman–Crippen LogP) is 1.64. The molecule has 0 unspecified atom stereocenters. The first-order valence-electron chi connectivity index (χ1n) is 5.90. The molecule has 2 aromatic rings. The number of halogens is 1. The molecule has 0 spiro atoms. The van der Waals surface area contributed by atoms with Gasteiger partial charge in [-0.2, -0.15) is 5.10 Å². The lowest BCUT2D eigenvalue weighted by molar-refractivity contribution is 0.0951. The quantitative estimate of drug-likeness (QED) is 0.818. The summed E-state index contributed by atoms with van der Waals surface area (Å²) >= 11 is 5.90. The summed E-state index contributed by atoms with van der Waals surface area (Å²) in [5.74, 6) is -0.207. The van der Waals surface area contributed by atoms with Crippen molar-refractivity contribution in [2.75, 3.05) is 13.2 Å². The average molecular weight is 280 g/mol. The normalized spacial score (nSPS) is 10.4. The smallest absolute Gasteiger partial charge is 0.254 e. The number of nitrogens with zero attached hydrogens (tertiary/aromatic N) is 2. The highest BCUT2D eigenvalue weighted by atomic mass is 35.5. The molecule has 19 heavy (non-hydrogen) atoms. The topological polar surface area (TPSA) is 67.2 Å². The summed E-state index contributed by atoms with van der Waals surface area (Å²) in [7, 11) is 0. The second-order valence-corrected chi connectivity index (χ2v) is 4.42. The number of carbonyl (C=O) groups excluding carboxylic acids is 1. The van der Waals surface area contributed by atoms with Gasteiger partial charge in [-0.3, -0.25) is 4.79 Å². The van der Waals surface area contributed by atoms with Crippen LogP contribution < -0.4 is 5.32 Å². The number of rotatable bonds is 5. The number of carbonyl (C=O) groups is 1. The van der Waals surface area contributed by atoms with Crippen LogP contribution in [0.4, 0.5) is 0 Å². The summed E-state index contributed by atoms with van der Waals surface area (Å²) in [4.78, 5) is 11.8. The van der Waals surface area contributed by atoms with Gasteiger partial charge in [0.25, 0.3) is 5.91 Å². The summed E-state index contributed by atoms with van der Waals surface area (Å²) in [5, 5.41) is 16.1. The van der Waals surface area contributed by atoms with Gasteiger partial charge in [0.15, 0.2) is 0 Å². The number of aliphatic hydroxyl groups excluding tert-OH is 1. The zero-order chi connectivity index (χ0) is 13.7. The van der Waals surface area contributed by atoms with Crippen molar-refractivity contribution in [2.24, 2.45) is 0 Å². The molecular weight excluding hydrogens is 266 g/mol. The van der Waals surface area contributed by atoms with Crippen molar-refractivity contribution in [3.8, 4) is 5.69 Å². The Labute approximate surface area is 115 Å². The van der Waals surface area contributed by atoms with Gasteiger partial charge >= 0.3 is 0 Å². The third-order valence-corrected chi connectivity index (χ3v) is 2.77. The lowest BCUT2D eigenvalue weighted by Crippen LogP contribution is -2.24. The fourth-order valence-corrected chi connectivity index (χ4v) is 1.77. The third kappa shape index (κ3) is 3.56. The molecule has 1 aromatic carbocycles. The molecule has 1 amide bonds. The van der Waals surface area contributed by atoms with Crippen LogP contribution >= 0.6 is 11.6 Å². The van der Waals surface area contributed by atoms with Crippen LogP contribution in [0, 0.1) is 0 Å². The Balaban J connectivity index is 2.08. The lowest BCUT2D eigenvalue weighted by Gasteiger charge is -2.02. The zero-order valence-electron chi connectivity index (χ0n) is 10.2. The van der Waals surface area contributed by atoms with Gasteiger partial charge in [0.2, 0.25) is 0 Å². The SMILES string of the molecule is O=C(NCCCO)c1cnn(-c2cccc(Cl)c2)c1. The van der Waals surface area contributed by atoms with E-state index in [4.69, 9.17) is 16.7 Å². The molecule has 0 saturated carbocycles. The number of aliphatic hydroxyl groups is 1. The number of benzene rings is 1. The van der Waals surface area contributed by atoms with Gasteiger partial charge in [0.05, 0.1) is 17.4 Å². The second-order valence-electron chi connectivity index (χ2n) is 3.99. The molecule has 100 valence electrons. The first kappa shape index (κ1) is 13.6. The van der Waals surface area contributed by atoms with Crippen LogP contribution in [0.25, 0.3) is 5.69 Å². The van der Waals surface area contributed by atoms with Crippen molar-refractivity contribution in [1.82, 2.24) is 15.1 Å². The van der Waals surface area contributed by atoms with Crippen molar-refractivity contribution in [2.45, 2.75) is 6.42 Å². The number of amides is 1. The Morgan fingerprint density at radius 3 is 3.05 bits per heavy atom. The summed E-state index contributed by atoms with van der Waals surface area (Å²) in [6.45, 7) is 0.500. The van der Waals surface area contributed by atoms with Crippen LogP contribution in [0.1, 0.15) is 16.8 Å². The molecule has 0 saturated heterocycles. The van der Waals surface area contributed by atoms with Crippen LogP contribution in [0.3, 0.4) is 0 Å². The Morgan fingerprint density at radius 1 is 1.47 bits per heavy atom. The summed E-state index contributed by atoms with van der Waals surface area (Å²) in [5.41, 5.74) is 1.26. The van der Waals surface area contributed by atoms with Gasteiger partial charge in [-0.1, -0.05) is 17.7 Å². The van der Waals surface area contributed by atoms with E-state index in [2.05, 4.69) is 10.4 Å². The van der Waals surface area contributed by atoms with Crippen molar-refractivity contribution in [1.29, 1.82) is 0 Å². The van der Waals surface area contributed by atoms with Crippen LogP contribution in [0.15, 0.2) is 36.7 Å². The standard InChI is InChI=1S/C13H14ClN3O2/c14-11-3-1-4-12(7-11)17-9-10(8-16-17)13(19)15-5-2-6-18/h1,3-4,7-9,18H,2,5-6H2,(H,15,19). The highest BCUT2D eigenvalue weighted by Gasteiger charge is 2.08. The fourth-order valence-electron chi connectivity index (χ4n) is 1.58. The van der Waals surface area contributed by atoms with Gasteiger partial charge in [-0.15, -0.1) is 0 Å². The molecule has 0 aliphatic carbocycles. The molecule has 0 radical (unpaired) electrons. The Bertz CT molecular complexity index is 569. The molecule has 0 aliphatic heterocycles. The Hall–Kier alpha value is -1.85. The van der Waals surface area contributed by atoms with Crippen molar-refractivity contribution < 1.29 is 9.90 Å². The van der Waals surface area contributed by atoms with Gasteiger partial charge in [-0.25, -0.2) is 4.68 Å². The minimum Gasteiger partial charge on any atom is -0.396 e. The maximum atomic E-state index is 11.8. The monoisotopic (exact) mass is 279 g/mol. The molecule has 0 bridgehead atoms. The largest absolute Gasteiger partial charge is 0.396 e. The molecule has 0 aliphatic rings. The highest BCUT2D eigenvalue weighted by molar-refractivity contribution is 6.30. The fraction of sp³-hybridized carbons (Fsp3) is 0.231. The molecular formula is C13H14ClN3O2. The van der Waals surface area contributed by atoms with Crippen LogP contribution in [0.2, 0.25) is 5.02 Å². The molecule has 1 heterocycles. The Morgan fingerprint density at radius 2 is 2.32 bits per heavy atom. The van der Waals surface area contributed by atoms with Crippen LogP contribution in [-0.4, -0.2) is 33.9 Å². The Kier molecular flexibility index (Phi) is 4.54. The number of nitrogens with one attached hydrogen (secondary N) is 1. The van der Waals surface area contributed by atoms with E-state index in [0.717, 1.165) is 5.69 Å². The lowest BCUT2D eigenvalue weighted by atomic mass is 10.3. The molecule has 2 N–H and O–H groups in total. The highest BCUT2D eigenvalue weighted by Crippen LogP contribution is 2.14. The molecule has 5 nitrogen and oxygen atoms in total. The molecule has 1 aromatic heterocycles. The number of aromatic nitrogens is 2. The summed E-state index contributed by atoms with van der Waals surface area (Å²) < 4.78 is 1.59. The van der Waals surface area contributed by atoms with Crippen molar-refractivity contribution in [3.05, 3.63) is 47.2 Å². The van der Waals surface area contributed by atoms with E-state index >= 15 is 0 Å². The predicted molar refractivity (Wildman–Crippen MR) is 72.6 cm³/mol. The van der Waals surface area contributed by atoms with Crippen LogP contribution in [0.5, 0.6) is 0 Å². The van der Waals surface area contributed by atoms with Gasteiger partial charge in [0, 0.05) is 24.4 Å². The van der Waals surface area contributed by atoms with E-state index in [-0.39, 0.29) is 12.5 Å². The molecule has 2 rings (SSSR count). The molecule has 0 atom stereocenters. The molecule has 0 fully saturated rings. The van der Waals surface area contributed by atoms with Crippen LogP contribution in [-0.2, 0) is 0 Å². The van der Waals surface area contributed by atoms with E-state index in [1.54, 1.807) is 23.0 Å². The molecule has 6 heteroatoms. The summed E-state index contributed by atoms with van der Waals surface area (Å²) in [6, 6.07) is 7.21. The van der Waals surface area contributed by atoms with E-state index in [9.17, 15) is 4.79 Å². The van der Waals surface area contributed by atoms with Crippen molar-refractivity contribution >= 4 is 17.5 Å². The number of hydrogen-bond acceptors (Lipinski definition) is 3. The average Bonchev–Trinajstić information content (AvgIpc) is 2.88. The van der Waals surface area contributed by atoms with Crippen molar-refractivity contribution in [3.63, 3.8) is 0 Å².